The van der Waals surface area contributed by atoms with Crippen molar-refractivity contribution in [2.75, 3.05) is 0 Å². The third-order valence-corrected chi connectivity index (χ3v) is 3.56. The van der Waals surface area contributed by atoms with Crippen LogP contribution in [0, 0.1) is 0 Å². The largest absolute Gasteiger partial charge is 0.387 e. The first-order chi connectivity index (χ1) is 8.76. The van der Waals surface area contributed by atoms with Gasteiger partial charge in [-0.2, -0.15) is 4.98 Å². The zero-order chi connectivity index (χ0) is 13.0. The van der Waals surface area contributed by atoms with Gasteiger partial charge in [0.25, 0.3) is 5.89 Å². The summed E-state index contributed by atoms with van der Waals surface area (Å²) in [6.45, 7) is 4.02. The van der Waals surface area contributed by atoms with E-state index in [1.807, 2.05) is 18.2 Å². The van der Waals surface area contributed by atoms with E-state index in [1.165, 1.54) is 5.56 Å². The third-order valence-electron chi connectivity index (χ3n) is 3.56. The van der Waals surface area contributed by atoms with Crippen molar-refractivity contribution in [1.29, 1.82) is 0 Å². The van der Waals surface area contributed by atoms with Crippen LogP contribution in [-0.4, -0.2) is 15.2 Å². The average Bonchev–Trinajstić information content (AvgIpc) is 2.91. The number of nitrogens with zero attached hydrogens (tertiary/aromatic N) is 2. The van der Waals surface area contributed by atoms with E-state index in [-0.39, 0.29) is 17.9 Å². The fourth-order valence-electron chi connectivity index (χ4n) is 2.37. The first-order valence-electron chi connectivity index (χ1n) is 6.26. The Morgan fingerprint density at radius 1 is 1.17 bits per heavy atom. The highest BCUT2D eigenvalue weighted by molar-refractivity contribution is 5.32. The summed E-state index contributed by atoms with van der Waals surface area (Å²) in [7, 11) is 0. The lowest BCUT2D eigenvalue weighted by molar-refractivity contribution is 0.222. The molecule has 0 aliphatic rings. The number of benzene rings is 1. The average molecular weight is 246 g/mol. The van der Waals surface area contributed by atoms with Gasteiger partial charge in [0, 0.05) is 0 Å². The zero-order valence-corrected chi connectivity index (χ0v) is 10.8. The second-order valence-electron chi connectivity index (χ2n) is 4.33. The molecule has 1 aromatic carbocycles. The first-order valence-corrected chi connectivity index (χ1v) is 6.26. The predicted octanol–water partition coefficient (Wildman–Crippen LogP) is 2.67. The van der Waals surface area contributed by atoms with Gasteiger partial charge in [0.2, 0.25) is 0 Å². The summed E-state index contributed by atoms with van der Waals surface area (Å²) < 4.78 is 5.03. The van der Waals surface area contributed by atoms with E-state index in [9.17, 15) is 0 Å². The molecular formula is C14H18N2O2. The van der Waals surface area contributed by atoms with Crippen molar-refractivity contribution in [2.45, 2.75) is 38.7 Å². The lowest BCUT2D eigenvalue weighted by atomic mass is 9.75. The minimum absolute atomic E-state index is 0.217. The quantitative estimate of drug-likeness (QED) is 0.881. The second kappa shape index (κ2) is 5.31. The summed E-state index contributed by atoms with van der Waals surface area (Å²) in [6.07, 6.45) is 1.77. The Bertz CT molecular complexity index is 490. The molecule has 0 radical (unpaired) electrons. The van der Waals surface area contributed by atoms with Crippen LogP contribution in [0.1, 0.15) is 44.0 Å². The van der Waals surface area contributed by atoms with Crippen molar-refractivity contribution in [1.82, 2.24) is 10.1 Å². The fraction of sp³-hybridized carbons (Fsp3) is 0.429. The molecule has 0 bridgehead atoms. The zero-order valence-electron chi connectivity index (χ0n) is 10.8. The summed E-state index contributed by atoms with van der Waals surface area (Å²) in [6, 6.07) is 10.2. The van der Waals surface area contributed by atoms with Gasteiger partial charge in [-0.05, 0) is 18.4 Å². The molecule has 0 spiro atoms. The molecule has 1 N–H and O–H groups in total. The third kappa shape index (κ3) is 2.04. The molecule has 0 unspecified atom stereocenters. The number of aliphatic hydroxyl groups excluding tert-OH is 1. The molecule has 0 fully saturated rings. The highest BCUT2D eigenvalue weighted by Crippen LogP contribution is 2.36. The highest BCUT2D eigenvalue weighted by atomic mass is 16.5. The van der Waals surface area contributed by atoms with Crippen LogP contribution in [0.5, 0.6) is 0 Å². The molecule has 0 aliphatic carbocycles. The smallest absolute Gasteiger partial charge is 0.252 e. The van der Waals surface area contributed by atoms with Crippen LogP contribution in [0.3, 0.4) is 0 Å². The lowest BCUT2D eigenvalue weighted by Crippen LogP contribution is -2.27. The van der Waals surface area contributed by atoms with E-state index in [0.717, 1.165) is 12.8 Å². The van der Waals surface area contributed by atoms with Crippen LogP contribution in [0.2, 0.25) is 0 Å². The Hall–Kier alpha value is -1.68. The van der Waals surface area contributed by atoms with Gasteiger partial charge >= 0.3 is 0 Å². The van der Waals surface area contributed by atoms with Crippen molar-refractivity contribution < 1.29 is 9.63 Å². The summed E-state index contributed by atoms with van der Waals surface area (Å²) in [5.74, 6) is 0.926. The fourth-order valence-corrected chi connectivity index (χ4v) is 2.37. The van der Waals surface area contributed by atoms with E-state index in [0.29, 0.717) is 5.82 Å². The summed E-state index contributed by atoms with van der Waals surface area (Å²) >= 11 is 0. The molecule has 0 saturated heterocycles. The molecule has 2 aromatic rings. The van der Waals surface area contributed by atoms with Crippen LogP contribution < -0.4 is 0 Å². The molecule has 2 rings (SSSR count). The maximum atomic E-state index is 9.04. The number of hydrogen-bond acceptors (Lipinski definition) is 4. The maximum absolute atomic E-state index is 9.04. The van der Waals surface area contributed by atoms with Crippen molar-refractivity contribution in [3.63, 3.8) is 0 Å². The van der Waals surface area contributed by atoms with Gasteiger partial charge in [0.15, 0.2) is 5.82 Å². The van der Waals surface area contributed by atoms with Gasteiger partial charge in [-0.15, -0.1) is 0 Å². The molecule has 0 aliphatic heterocycles. The summed E-state index contributed by atoms with van der Waals surface area (Å²) in [5, 5.41) is 13.1. The van der Waals surface area contributed by atoms with E-state index < -0.39 is 0 Å². The van der Waals surface area contributed by atoms with Gasteiger partial charge in [-0.3, -0.25) is 0 Å². The van der Waals surface area contributed by atoms with Crippen LogP contribution in [0.25, 0.3) is 0 Å². The Balaban J connectivity index is 2.50. The Morgan fingerprint density at radius 2 is 1.83 bits per heavy atom. The highest BCUT2D eigenvalue weighted by Gasteiger charge is 2.35. The van der Waals surface area contributed by atoms with E-state index in [4.69, 9.17) is 9.63 Å². The number of rotatable bonds is 5. The topological polar surface area (TPSA) is 59.2 Å². The first kappa shape index (κ1) is 12.8. The molecule has 0 amide bonds. The normalized spacial score (nSPS) is 11.7. The van der Waals surface area contributed by atoms with Crippen LogP contribution >= 0.6 is 0 Å². The molecule has 0 atom stereocenters. The van der Waals surface area contributed by atoms with Gasteiger partial charge in [0.1, 0.15) is 6.61 Å². The minimum Gasteiger partial charge on any atom is -0.387 e. The monoisotopic (exact) mass is 246 g/mol. The second-order valence-corrected chi connectivity index (χ2v) is 4.33. The molecule has 1 heterocycles. The molecular weight excluding hydrogens is 228 g/mol. The van der Waals surface area contributed by atoms with E-state index in [1.54, 1.807) is 0 Å². The molecule has 18 heavy (non-hydrogen) atoms. The van der Waals surface area contributed by atoms with Crippen LogP contribution in [0.4, 0.5) is 0 Å². The van der Waals surface area contributed by atoms with E-state index in [2.05, 4.69) is 36.1 Å². The van der Waals surface area contributed by atoms with Crippen molar-refractivity contribution in [3.8, 4) is 0 Å². The van der Waals surface area contributed by atoms with Crippen LogP contribution in [0.15, 0.2) is 34.9 Å². The van der Waals surface area contributed by atoms with Gasteiger partial charge in [-0.25, -0.2) is 0 Å². The van der Waals surface area contributed by atoms with Gasteiger partial charge in [0.05, 0.1) is 5.41 Å². The minimum atomic E-state index is -0.238. The molecule has 96 valence electrons. The predicted molar refractivity (Wildman–Crippen MR) is 68.0 cm³/mol. The van der Waals surface area contributed by atoms with Crippen molar-refractivity contribution in [2.24, 2.45) is 0 Å². The number of aromatic nitrogens is 2. The number of aliphatic hydroxyl groups is 1. The standard InChI is InChI=1S/C14H18N2O2/c1-3-14(4-2,11-8-6-5-7-9-11)13-15-12(10-17)18-16-13/h5-9,17H,3-4,10H2,1-2H3. The van der Waals surface area contributed by atoms with Crippen LogP contribution in [-0.2, 0) is 12.0 Å². The SMILES string of the molecule is CCC(CC)(c1ccccc1)c1noc(CO)n1. The van der Waals surface area contributed by atoms with Gasteiger partial charge in [-0.1, -0.05) is 49.3 Å². The van der Waals surface area contributed by atoms with Crippen molar-refractivity contribution >= 4 is 0 Å². The Kier molecular flexibility index (Phi) is 3.77. The molecule has 1 aromatic heterocycles. The summed E-state index contributed by atoms with van der Waals surface area (Å²) in [4.78, 5) is 4.29. The molecule has 4 nitrogen and oxygen atoms in total. The molecule has 0 saturated carbocycles. The lowest BCUT2D eigenvalue weighted by Gasteiger charge is -2.28. The number of hydrogen-bond donors (Lipinski definition) is 1. The molecule has 4 heteroatoms. The van der Waals surface area contributed by atoms with Crippen molar-refractivity contribution in [3.05, 3.63) is 47.6 Å². The van der Waals surface area contributed by atoms with Gasteiger partial charge < -0.3 is 9.63 Å². The maximum Gasteiger partial charge on any atom is 0.252 e. The Labute approximate surface area is 107 Å². The Morgan fingerprint density at radius 3 is 2.33 bits per heavy atom. The van der Waals surface area contributed by atoms with E-state index >= 15 is 0 Å². The summed E-state index contributed by atoms with van der Waals surface area (Å²) in [5.41, 5.74) is 0.943.